The third kappa shape index (κ3) is 2.09. The first kappa shape index (κ1) is 12.7. The Hall–Kier alpha value is -1.98. The fourth-order valence-corrected chi connectivity index (χ4v) is 3.68. The molecule has 0 aliphatic rings. The fraction of sp³-hybridized carbons (Fsp3) is 0. The summed E-state index contributed by atoms with van der Waals surface area (Å²) < 4.78 is 2.03. The topological polar surface area (TPSA) is 45.8 Å². The molecular weight excluding hydrogens is 348 g/mol. The van der Waals surface area contributed by atoms with E-state index in [1.54, 1.807) is 6.20 Å². The van der Waals surface area contributed by atoms with Gasteiger partial charge in [-0.15, -0.1) is 11.3 Å². The van der Waals surface area contributed by atoms with Crippen LogP contribution in [0, 0.1) is 0 Å². The highest BCUT2D eigenvalue weighted by atomic mass is 79.9. The van der Waals surface area contributed by atoms with Crippen LogP contribution in [-0.2, 0) is 0 Å². The van der Waals surface area contributed by atoms with Gasteiger partial charge >= 0.3 is 0 Å². The van der Waals surface area contributed by atoms with Gasteiger partial charge in [-0.25, -0.2) is 4.98 Å². The Morgan fingerprint density at radius 1 is 1.14 bits per heavy atom. The van der Waals surface area contributed by atoms with Gasteiger partial charge in [0.2, 0.25) is 0 Å². The summed E-state index contributed by atoms with van der Waals surface area (Å²) in [6.07, 6.45) is 1.74. The summed E-state index contributed by atoms with van der Waals surface area (Å²) in [6.45, 7) is 0. The Bertz CT molecular complexity index is 1000. The van der Waals surface area contributed by atoms with Crippen molar-refractivity contribution < 1.29 is 0 Å². The number of nitrogens with one attached hydrogen (secondary N) is 1. The predicted octanol–water partition coefficient (Wildman–Crippen LogP) is 4.57. The maximum absolute atomic E-state index is 12.6. The molecule has 0 saturated heterocycles. The van der Waals surface area contributed by atoms with Gasteiger partial charge in [0.25, 0.3) is 0 Å². The molecule has 0 aliphatic carbocycles. The minimum absolute atomic E-state index is 0.00954. The van der Waals surface area contributed by atoms with E-state index < -0.39 is 0 Å². The molecule has 0 atom stereocenters. The number of benzene rings is 2. The molecule has 0 saturated carbocycles. The van der Waals surface area contributed by atoms with Crippen molar-refractivity contribution >= 4 is 48.4 Å². The molecule has 0 fully saturated rings. The summed E-state index contributed by atoms with van der Waals surface area (Å²) in [5.41, 5.74) is 2.37. The number of pyridine rings is 1. The van der Waals surface area contributed by atoms with Crippen LogP contribution in [0.5, 0.6) is 0 Å². The van der Waals surface area contributed by atoms with Crippen molar-refractivity contribution in [2.75, 3.05) is 0 Å². The normalized spacial score (nSPS) is 11.3. The Morgan fingerprint density at radius 2 is 2.00 bits per heavy atom. The molecular formula is C16H9BrN2OS. The molecule has 21 heavy (non-hydrogen) atoms. The second-order valence-electron chi connectivity index (χ2n) is 4.71. The lowest BCUT2D eigenvalue weighted by Crippen LogP contribution is -2.06. The molecule has 102 valence electrons. The van der Waals surface area contributed by atoms with Crippen LogP contribution in [0.25, 0.3) is 31.7 Å². The molecule has 1 N–H and O–H groups in total. The Kier molecular flexibility index (Phi) is 2.90. The molecule has 3 nitrogen and oxygen atoms in total. The summed E-state index contributed by atoms with van der Waals surface area (Å²) in [5.74, 6) is 0. The van der Waals surface area contributed by atoms with Crippen molar-refractivity contribution in [2.24, 2.45) is 0 Å². The molecule has 0 bridgehead atoms. The van der Waals surface area contributed by atoms with Crippen LogP contribution in [-0.4, -0.2) is 9.97 Å². The highest BCUT2D eigenvalue weighted by Crippen LogP contribution is 2.28. The molecule has 4 aromatic rings. The van der Waals surface area contributed by atoms with E-state index in [-0.39, 0.29) is 5.43 Å². The van der Waals surface area contributed by atoms with Crippen LogP contribution >= 0.6 is 27.3 Å². The van der Waals surface area contributed by atoms with Gasteiger partial charge in [0.05, 0.1) is 21.3 Å². The Labute approximate surface area is 132 Å². The molecule has 5 heteroatoms. The SMILES string of the molecule is O=c1c(-c2nc3ccccc3s2)c[nH]c2cc(Br)ccc12. The van der Waals surface area contributed by atoms with Crippen LogP contribution in [0.15, 0.2) is 57.9 Å². The second kappa shape index (κ2) is 4.79. The first-order valence-electron chi connectivity index (χ1n) is 6.39. The van der Waals surface area contributed by atoms with E-state index in [1.165, 1.54) is 11.3 Å². The van der Waals surface area contributed by atoms with E-state index in [0.29, 0.717) is 10.9 Å². The number of para-hydroxylation sites is 1. The number of hydrogen-bond donors (Lipinski definition) is 1. The van der Waals surface area contributed by atoms with Gasteiger partial charge in [-0.05, 0) is 30.3 Å². The number of nitrogens with zero attached hydrogens (tertiary/aromatic N) is 1. The van der Waals surface area contributed by atoms with Crippen LogP contribution in [0.1, 0.15) is 0 Å². The third-order valence-electron chi connectivity index (χ3n) is 3.37. The third-order valence-corrected chi connectivity index (χ3v) is 4.93. The van der Waals surface area contributed by atoms with Gasteiger partial charge in [0, 0.05) is 16.1 Å². The zero-order valence-electron chi connectivity index (χ0n) is 10.8. The van der Waals surface area contributed by atoms with Gasteiger partial charge in [-0.2, -0.15) is 0 Å². The monoisotopic (exact) mass is 356 g/mol. The van der Waals surface area contributed by atoms with E-state index in [4.69, 9.17) is 0 Å². The predicted molar refractivity (Wildman–Crippen MR) is 90.9 cm³/mol. The summed E-state index contributed by atoms with van der Waals surface area (Å²) in [7, 11) is 0. The first-order chi connectivity index (χ1) is 10.2. The number of aromatic amines is 1. The van der Waals surface area contributed by atoms with Gasteiger partial charge in [0.15, 0.2) is 5.43 Å². The van der Waals surface area contributed by atoms with Gasteiger partial charge in [-0.3, -0.25) is 4.79 Å². The largest absolute Gasteiger partial charge is 0.360 e. The lowest BCUT2D eigenvalue weighted by Gasteiger charge is -2.01. The number of halogens is 1. The molecule has 0 spiro atoms. The quantitative estimate of drug-likeness (QED) is 0.543. The van der Waals surface area contributed by atoms with Crippen molar-refractivity contribution in [2.45, 2.75) is 0 Å². The van der Waals surface area contributed by atoms with E-state index in [1.807, 2.05) is 42.5 Å². The summed E-state index contributed by atoms with van der Waals surface area (Å²) >= 11 is 4.95. The summed E-state index contributed by atoms with van der Waals surface area (Å²) in [6, 6.07) is 13.5. The lowest BCUT2D eigenvalue weighted by molar-refractivity contribution is 1.36. The zero-order valence-corrected chi connectivity index (χ0v) is 13.2. The molecule has 4 rings (SSSR count). The lowest BCUT2D eigenvalue weighted by atomic mass is 10.1. The highest BCUT2D eigenvalue weighted by molar-refractivity contribution is 9.10. The molecule has 2 heterocycles. The molecule has 0 radical (unpaired) electrons. The number of aromatic nitrogens is 2. The zero-order chi connectivity index (χ0) is 14.4. The highest BCUT2D eigenvalue weighted by Gasteiger charge is 2.12. The van der Waals surface area contributed by atoms with Gasteiger partial charge in [-0.1, -0.05) is 28.1 Å². The number of rotatable bonds is 1. The molecule has 2 aromatic carbocycles. The minimum Gasteiger partial charge on any atom is -0.360 e. The average Bonchev–Trinajstić information content (AvgIpc) is 2.91. The second-order valence-corrected chi connectivity index (χ2v) is 6.65. The van der Waals surface area contributed by atoms with Crippen molar-refractivity contribution in [1.29, 1.82) is 0 Å². The van der Waals surface area contributed by atoms with E-state index in [2.05, 4.69) is 25.9 Å². The average molecular weight is 357 g/mol. The molecule has 0 aliphatic heterocycles. The Morgan fingerprint density at radius 3 is 2.86 bits per heavy atom. The smallest absolute Gasteiger partial charge is 0.199 e. The summed E-state index contributed by atoms with van der Waals surface area (Å²) in [5, 5.41) is 1.43. The van der Waals surface area contributed by atoms with Crippen molar-refractivity contribution in [3.63, 3.8) is 0 Å². The first-order valence-corrected chi connectivity index (χ1v) is 8.00. The maximum Gasteiger partial charge on any atom is 0.199 e. The Balaban J connectivity index is 2.00. The number of thiazole rings is 1. The van der Waals surface area contributed by atoms with Crippen LogP contribution < -0.4 is 5.43 Å². The van der Waals surface area contributed by atoms with Crippen LogP contribution in [0.3, 0.4) is 0 Å². The number of H-pyrrole nitrogens is 1. The van der Waals surface area contributed by atoms with Gasteiger partial charge < -0.3 is 4.98 Å². The van der Waals surface area contributed by atoms with E-state index in [9.17, 15) is 4.79 Å². The van der Waals surface area contributed by atoms with Crippen molar-refractivity contribution in [3.05, 3.63) is 63.4 Å². The molecule has 0 unspecified atom stereocenters. The van der Waals surface area contributed by atoms with Crippen LogP contribution in [0.2, 0.25) is 0 Å². The maximum atomic E-state index is 12.6. The van der Waals surface area contributed by atoms with E-state index >= 15 is 0 Å². The van der Waals surface area contributed by atoms with Crippen molar-refractivity contribution in [1.82, 2.24) is 9.97 Å². The number of hydrogen-bond acceptors (Lipinski definition) is 3. The van der Waals surface area contributed by atoms with Crippen molar-refractivity contribution in [3.8, 4) is 10.6 Å². The summed E-state index contributed by atoms with van der Waals surface area (Å²) in [4.78, 5) is 20.4. The standard InChI is InChI=1S/C16H9BrN2OS/c17-9-5-6-10-13(7-9)18-8-11(15(10)20)16-19-12-3-1-2-4-14(12)21-16/h1-8H,(H,18,20). The minimum atomic E-state index is 0.00954. The fourth-order valence-electron chi connectivity index (χ4n) is 2.34. The molecule has 0 amide bonds. The van der Waals surface area contributed by atoms with Crippen LogP contribution in [0.4, 0.5) is 0 Å². The number of fused-ring (bicyclic) bond motifs is 2. The molecule has 2 aromatic heterocycles. The van der Waals surface area contributed by atoms with E-state index in [0.717, 1.165) is 25.2 Å². The van der Waals surface area contributed by atoms with Gasteiger partial charge in [0.1, 0.15) is 5.01 Å².